The molecule has 6 nitrogen and oxygen atoms in total. The molecule has 0 amide bonds. The van der Waals surface area contributed by atoms with Gasteiger partial charge in [0.2, 0.25) is 6.79 Å². The van der Waals surface area contributed by atoms with Gasteiger partial charge in [-0.15, -0.1) is 0 Å². The van der Waals surface area contributed by atoms with Gasteiger partial charge in [-0.2, -0.15) is 5.10 Å². The van der Waals surface area contributed by atoms with Gasteiger partial charge < -0.3 is 14.2 Å². The number of rotatable bonds is 3. The molecule has 0 saturated carbocycles. The van der Waals surface area contributed by atoms with Gasteiger partial charge in [0.25, 0.3) is 0 Å². The molecule has 0 spiro atoms. The molecular formula is C14H15N3O3S. The molecule has 1 fully saturated rings. The van der Waals surface area contributed by atoms with E-state index in [1.54, 1.807) is 0 Å². The number of aromatic amines is 1. The summed E-state index contributed by atoms with van der Waals surface area (Å²) in [7, 11) is 0. The van der Waals surface area contributed by atoms with Crippen LogP contribution in [0.2, 0.25) is 0 Å². The van der Waals surface area contributed by atoms with Crippen LogP contribution in [0.25, 0.3) is 11.4 Å². The molecule has 1 aromatic heterocycles. The topological polar surface area (TPSA) is 61.3 Å². The van der Waals surface area contributed by atoms with Crippen molar-refractivity contribution in [1.29, 1.82) is 0 Å². The van der Waals surface area contributed by atoms with Gasteiger partial charge in [0.15, 0.2) is 22.1 Å². The van der Waals surface area contributed by atoms with Crippen molar-refractivity contribution in [3.63, 3.8) is 0 Å². The van der Waals surface area contributed by atoms with Gasteiger partial charge in [0.05, 0.1) is 12.6 Å². The monoisotopic (exact) mass is 305 g/mol. The molecule has 0 bridgehead atoms. The molecular weight excluding hydrogens is 290 g/mol. The van der Waals surface area contributed by atoms with Crippen molar-refractivity contribution in [1.82, 2.24) is 14.8 Å². The van der Waals surface area contributed by atoms with Crippen LogP contribution in [0, 0.1) is 4.77 Å². The fourth-order valence-corrected chi connectivity index (χ4v) is 2.94. The van der Waals surface area contributed by atoms with Gasteiger partial charge in [-0.1, -0.05) is 0 Å². The summed E-state index contributed by atoms with van der Waals surface area (Å²) in [5.74, 6) is 2.30. The number of nitrogens with one attached hydrogen (secondary N) is 1. The minimum Gasteiger partial charge on any atom is -0.454 e. The standard InChI is InChI=1S/C14H15N3O3S/c21-14-16-15-13(17(14)7-10-2-1-5-18-10)9-3-4-11-12(6-9)20-8-19-11/h3-4,6,10H,1-2,5,7-8H2,(H,16,21). The molecule has 1 N–H and O–H groups in total. The third-order valence-electron chi connectivity index (χ3n) is 3.80. The Morgan fingerprint density at radius 3 is 3.10 bits per heavy atom. The molecule has 4 rings (SSSR count). The molecule has 2 aliphatic rings. The van der Waals surface area contributed by atoms with Crippen LogP contribution in [-0.2, 0) is 11.3 Å². The fraction of sp³-hybridized carbons (Fsp3) is 0.429. The second-order valence-electron chi connectivity index (χ2n) is 5.17. The molecule has 110 valence electrons. The minimum absolute atomic E-state index is 0.210. The number of hydrogen-bond donors (Lipinski definition) is 1. The van der Waals surface area contributed by atoms with Crippen molar-refractivity contribution in [2.45, 2.75) is 25.5 Å². The first-order valence-corrected chi connectivity index (χ1v) is 7.39. The third-order valence-corrected chi connectivity index (χ3v) is 4.11. The summed E-state index contributed by atoms with van der Waals surface area (Å²) in [4.78, 5) is 0. The van der Waals surface area contributed by atoms with E-state index in [9.17, 15) is 0 Å². The maximum absolute atomic E-state index is 5.69. The van der Waals surface area contributed by atoms with Crippen molar-refractivity contribution >= 4 is 12.2 Å². The Hall–Kier alpha value is -1.86. The minimum atomic E-state index is 0.210. The Bertz CT molecular complexity index is 718. The van der Waals surface area contributed by atoms with Gasteiger partial charge in [-0.05, 0) is 43.3 Å². The van der Waals surface area contributed by atoms with Crippen molar-refractivity contribution in [2.75, 3.05) is 13.4 Å². The molecule has 1 unspecified atom stereocenters. The number of fused-ring (bicyclic) bond motifs is 1. The number of benzene rings is 1. The van der Waals surface area contributed by atoms with E-state index < -0.39 is 0 Å². The molecule has 0 aliphatic carbocycles. The van der Waals surface area contributed by atoms with Gasteiger partial charge in [-0.25, -0.2) is 0 Å². The highest BCUT2D eigenvalue weighted by molar-refractivity contribution is 7.71. The molecule has 1 aromatic carbocycles. The SMILES string of the molecule is S=c1[nH]nc(-c2ccc3c(c2)OCO3)n1CC1CCCO1. The summed E-state index contributed by atoms with van der Waals surface area (Å²) in [6, 6.07) is 5.79. The van der Waals surface area contributed by atoms with Crippen LogP contribution in [0.1, 0.15) is 12.8 Å². The average molecular weight is 305 g/mol. The first-order chi connectivity index (χ1) is 10.3. The van der Waals surface area contributed by atoms with Crippen LogP contribution in [0.4, 0.5) is 0 Å². The number of ether oxygens (including phenoxy) is 3. The number of H-pyrrole nitrogens is 1. The Morgan fingerprint density at radius 1 is 1.33 bits per heavy atom. The second kappa shape index (κ2) is 5.16. The van der Waals surface area contributed by atoms with Crippen LogP contribution in [0.3, 0.4) is 0 Å². The maximum atomic E-state index is 5.69. The lowest BCUT2D eigenvalue weighted by molar-refractivity contribution is 0.0970. The van der Waals surface area contributed by atoms with Crippen LogP contribution >= 0.6 is 12.2 Å². The molecule has 1 atom stereocenters. The fourth-order valence-electron chi connectivity index (χ4n) is 2.74. The van der Waals surface area contributed by atoms with Gasteiger partial charge in [-0.3, -0.25) is 9.67 Å². The molecule has 21 heavy (non-hydrogen) atoms. The predicted molar refractivity (Wildman–Crippen MR) is 77.9 cm³/mol. The van der Waals surface area contributed by atoms with E-state index in [1.807, 2.05) is 22.8 Å². The Balaban J connectivity index is 1.70. The normalized spacial score (nSPS) is 20.1. The summed E-state index contributed by atoms with van der Waals surface area (Å²) < 4.78 is 19.0. The Kier molecular flexibility index (Phi) is 3.16. The van der Waals surface area contributed by atoms with E-state index in [4.69, 9.17) is 26.4 Å². The van der Waals surface area contributed by atoms with E-state index in [0.29, 0.717) is 4.77 Å². The van der Waals surface area contributed by atoms with Crippen LogP contribution in [0.15, 0.2) is 18.2 Å². The largest absolute Gasteiger partial charge is 0.454 e. The lowest BCUT2D eigenvalue weighted by atomic mass is 10.2. The number of aromatic nitrogens is 3. The maximum Gasteiger partial charge on any atom is 0.231 e. The third kappa shape index (κ3) is 2.32. The molecule has 1 saturated heterocycles. The Labute approximate surface area is 126 Å². The summed E-state index contributed by atoms with van der Waals surface area (Å²) >= 11 is 5.34. The lowest BCUT2D eigenvalue weighted by Crippen LogP contribution is -2.16. The van der Waals surface area contributed by atoms with E-state index in [-0.39, 0.29) is 12.9 Å². The van der Waals surface area contributed by atoms with E-state index in [1.165, 1.54) is 0 Å². The molecule has 7 heteroatoms. The predicted octanol–water partition coefficient (Wildman–Crippen LogP) is 2.52. The number of hydrogen-bond acceptors (Lipinski definition) is 5. The van der Waals surface area contributed by atoms with Gasteiger partial charge in [0.1, 0.15) is 0 Å². The van der Waals surface area contributed by atoms with Crippen LogP contribution < -0.4 is 9.47 Å². The summed E-state index contributed by atoms with van der Waals surface area (Å²) in [5.41, 5.74) is 0.949. The van der Waals surface area contributed by atoms with E-state index >= 15 is 0 Å². The zero-order valence-corrected chi connectivity index (χ0v) is 12.2. The van der Waals surface area contributed by atoms with Gasteiger partial charge >= 0.3 is 0 Å². The van der Waals surface area contributed by atoms with Crippen molar-refractivity contribution in [3.8, 4) is 22.9 Å². The molecule has 3 heterocycles. The van der Waals surface area contributed by atoms with Crippen LogP contribution in [0.5, 0.6) is 11.5 Å². The highest BCUT2D eigenvalue weighted by Crippen LogP contribution is 2.35. The average Bonchev–Trinajstić information content (AvgIpc) is 3.21. The molecule has 0 radical (unpaired) electrons. The summed E-state index contributed by atoms with van der Waals surface area (Å²) in [5, 5.41) is 7.21. The van der Waals surface area contributed by atoms with E-state index in [0.717, 1.165) is 48.9 Å². The quantitative estimate of drug-likeness (QED) is 0.883. The zero-order valence-electron chi connectivity index (χ0n) is 11.4. The second-order valence-corrected chi connectivity index (χ2v) is 5.55. The van der Waals surface area contributed by atoms with Crippen molar-refractivity contribution in [3.05, 3.63) is 23.0 Å². The first kappa shape index (κ1) is 12.8. The van der Waals surface area contributed by atoms with E-state index in [2.05, 4.69) is 10.2 Å². The Morgan fingerprint density at radius 2 is 2.24 bits per heavy atom. The molecule has 2 aliphatic heterocycles. The van der Waals surface area contributed by atoms with Crippen molar-refractivity contribution in [2.24, 2.45) is 0 Å². The first-order valence-electron chi connectivity index (χ1n) is 6.98. The highest BCUT2D eigenvalue weighted by Gasteiger charge is 2.21. The lowest BCUT2D eigenvalue weighted by Gasteiger charge is -2.12. The summed E-state index contributed by atoms with van der Waals surface area (Å²) in [6.45, 7) is 1.82. The number of nitrogens with zero attached hydrogens (tertiary/aromatic N) is 2. The smallest absolute Gasteiger partial charge is 0.231 e. The molecule has 2 aromatic rings. The van der Waals surface area contributed by atoms with Gasteiger partial charge in [0, 0.05) is 12.2 Å². The highest BCUT2D eigenvalue weighted by atomic mass is 32.1. The van der Waals surface area contributed by atoms with Crippen molar-refractivity contribution < 1.29 is 14.2 Å². The summed E-state index contributed by atoms with van der Waals surface area (Å²) in [6.07, 6.45) is 2.38. The zero-order chi connectivity index (χ0) is 14.2. The van der Waals surface area contributed by atoms with Crippen LogP contribution in [-0.4, -0.2) is 34.3 Å².